The topological polar surface area (TPSA) is 47.0 Å². The third-order valence-electron chi connectivity index (χ3n) is 2.89. The van der Waals surface area contributed by atoms with Crippen molar-refractivity contribution in [2.45, 2.75) is 51.7 Å². The number of nitrogens with zero attached hydrogens (tertiary/aromatic N) is 2. The molecule has 1 unspecified atom stereocenters. The van der Waals surface area contributed by atoms with Crippen LogP contribution in [0.3, 0.4) is 0 Å². The van der Waals surface area contributed by atoms with Crippen LogP contribution in [0.1, 0.15) is 38.9 Å². The lowest BCUT2D eigenvalue weighted by atomic mass is 10.0. The summed E-state index contributed by atoms with van der Waals surface area (Å²) >= 11 is 0. The summed E-state index contributed by atoms with van der Waals surface area (Å²) in [5.41, 5.74) is 0. The smallest absolute Gasteiger partial charge is 0.156 e. The van der Waals surface area contributed by atoms with Crippen LogP contribution in [0.25, 0.3) is 0 Å². The molecule has 1 fully saturated rings. The highest BCUT2D eigenvalue weighted by atomic mass is 16.5. The van der Waals surface area contributed by atoms with Crippen molar-refractivity contribution in [2.24, 2.45) is 0 Å². The zero-order valence-electron chi connectivity index (χ0n) is 10.6. The van der Waals surface area contributed by atoms with Crippen molar-refractivity contribution in [1.82, 2.24) is 15.3 Å². The molecule has 1 aromatic rings. The molecule has 0 spiro atoms. The summed E-state index contributed by atoms with van der Waals surface area (Å²) in [5.74, 6) is 1.65. The van der Waals surface area contributed by atoms with Crippen molar-refractivity contribution in [1.29, 1.82) is 0 Å². The van der Waals surface area contributed by atoms with E-state index in [1.807, 2.05) is 13.8 Å². The quantitative estimate of drug-likeness (QED) is 0.866. The molecule has 1 aliphatic heterocycles. The van der Waals surface area contributed by atoms with Gasteiger partial charge in [-0.05, 0) is 33.2 Å². The van der Waals surface area contributed by atoms with E-state index in [4.69, 9.17) is 4.74 Å². The van der Waals surface area contributed by atoms with E-state index < -0.39 is 0 Å². The van der Waals surface area contributed by atoms with Gasteiger partial charge in [0.1, 0.15) is 5.82 Å². The van der Waals surface area contributed by atoms with E-state index in [1.165, 1.54) is 19.3 Å². The Bertz CT molecular complexity index is 331. The Morgan fingerprint density at radius 2 is 2.12 bits per heavy atom. The molecule has 0 saturated carbocycles. The lowest BCUT2D eigenvalue weighted by molar-refractivity contribution is 0.240. The standard InChI is InChI=1S/C13H21N3O/c1-10(2)17-12-8-15-13(16-9-12)7-11-5-3-4-6-14-11/h8-11,14H,3-7H2,1-2H3. The molecule has 2 heterocycles. The molecule has 1 aliphatic rings. The van der Waals surface area contributed by atoms with E-state index in [-0.39, 0.29) is 6.10 Å². The highest BCUT2D eigenvalue weighted by Gasteiger charge is 2.14. The molecule has 0 radical (unpaired) electrons. The van der Waals surface area contributed by atoms with E-state index in [2.05, 4.69) is 15.3 Å². The number of nitrogens with one attached hydrogen (secondary N) is 1. The third-order valence-corrected chi connectivity index (χ3v) is 2.89. The molecule has 0 aromatic carbocycles. The van der Waals surface area contributed by atoms with Crippen LogP contribution in [-0.4, -0.2) is 28.7 Å². The summed E-state index contributed by atoms with van der Waals surface area (Å²) in [7, 11) is 0. The Balaban J connectivity index is 1.88. The molecule has 0 aliphatic carbocycles. The van der Waals surface area contributed by atoms with Gasteiger partial charge in [-0.1, -0.05) is 6.42 Å². The lowest BCUT2D eigenvalue weighted by Crippen LogP contribution is -2.36. The molecule has 0 bridgehead atoms. The van der Waals surface area contributed by atoms with Gasteiger partial charge in [-0.15, -0.1) is 0 Å². The minimum absolute atomic E-state index is 0.171. The fourth-order valence-electron chi connectivity index (χ4n) is 2.10. The molecule has 1 N–H and O–H groups in total. The van der Waals surface area contributed by atoms with Crippen LogP contribution in [0.5, 0.6) is 5.75 Å². The van der Waals surface area contributed by atoms with Crippen LogP contribution in [0, 0.1) is 0 Å². The second-order valence-corrected chi connectivity index (χ2v) is 4.85. The highest BCUT2D eigenvalue weighted by Crippen LogP contribution is 2.12. The van der Waals surface area contributed by atoms with Crippen LogP contribution < -0.4 is 10.1 Å². The molecule has 1 aromatic heterocycles. The molecule has 1 atom stereocenters. The van der Waals surface area contributed by atoms with Gasteiger partial charge in [-0.3, -0.25) is 0 Å². The summed E-state index contributed by atoms with van der Waals surface area (Å²) in [4.78, 5) is 8.70. The first-order chi connectivity index (χ1) is 8.24. The monoisotopic (exact) mass is 235 g/mol. The fourth-order valence-corrected chi connectivity index (χ4v) is 2.10. The van der Waals surface area contributed by atoms with E-state index in [0.717, 1.165) is 24.5 Å². The number of ether oxygens (including phenoxy) is 1. The number of piperidine rings is 1. The fraction of sp³-hybridized carbons (Fsp3) is 0.692. The van der Waals surface area contributed by atoms with E-state index >= 15 is 0 Å². The zero-order chi connectivity index (χ0) is 12.1. The molecule has 1 saturated heterocycles. The maximum absolute atomic E-state index is 5.52. The Kier molecular flexibility index (Phi) is 4.31. The van der Waals surface area contributed by atoms with Gasteiger partial charge in [0.15, 0.2) is 5.75 Å². The minimum Gasteiger partial charge on any atom is -0.488 e. The van der Waals surface area contributed by atoms with Gasteiger partial charge < -0.3 is 10.1 Å². The van der Waals surface area contributed by atoms with E-state index in [1.54, 1.807) is 12.4 Å². The van der Waals surface area contributed by atoms with Crippen LogP contribution >= 0.6 is 0 Å². The number of aromatic nitrogens is 2. The van der Waals surface area contributed by atoms with Gasteiger partial charge in [0.05, 0.1) is 18.5 Å². The van der Waals surface area contributed by atoms with Gasteiger partial charge in [-0.25, -0.2) is 9.97 Å². The average molecular weight is 235 g/mol. The number of hydrogen-bond donors (Lipinski definition) is 1. The minimum atomic E-state index is 0.171. The second-order valence-electron chi connectivity index (χ2n) is 4.85. The largest absolute Gasteiger partial charge is 0.488 e. The van der Waals surface area contributed by atoms with Crippen molar-refractivity contribution in [3.63, 3.8) is 0 Å². The molecule has 4 nitrogen and oxygen atoms in total. The predicted molar refractivity (Wildman–Crippen MR) is 67.1 cm³/mol. The molecular formula is C13H21N3O. The van der Waals surface area contributed by atoms with Gasteiger partial charge in [-0.2, -0.15) is 0 Å². The second kappa shape index (κ2) is 5.96. The van der Waals surface area contributed by atoms with Gasteiger partial charge in [0, 0.05) is 12.5 Å². The highest BCUT2D eigenvalue weighted by molar-refractivity contribution is 5.13. The van der Waals surface area contributed by atoms with Crippen LogP contribution in [0.2, 0.25) is 0 Å². The molecular weight excluding hydrogens is 214 g/mol. The summed E-state index contributed by atoms with van der Waals surface area (Å²) in [6.07, 6.45) is 8.46. The Labute approximate surface area is 103 Å². The third kappa shape index (κ3) is 3.97. The molecule has 17 heavy (non-hydrogen) atoms. The molecule has 2 rings (SSSR count). The van der Waals surface area contributed by atoms with Crippen LogP contribution in [0.15, 0.2) is 12.4 Å². The summed E-state index contributed by atoms with van der Waals surface area (Å²) in [6.45, 7) is 5.12. The Morgan fingerprint density at radius 3 is 2.71 bits per heavy atom. The maximum Gasteiger partial charge on any atom is 0.156 e. The first-order valence-corrected chi connectivity index (χ1v) is 6.45. The summed E-state index contributed by atoms with van der Waals surface area (Å²) in [5, 5.41) is 3.50. The number of rotatable bonds is 4. The van der Waals surface area contributed by atoms with Crippen molar-refractivity contribution in [3.05, 3.63) is 18.2 Å². The molecule has 94 valence electrons. The first kappa shape index (κ1) is 12.3. The SMILES string of the molecule is CC(C)Oc1cnc(CC2CCCCN2)nc1. The van der Waals surface area contributed by atoms with E-state index in [0.29, 0.717) is 6.04 Å². The van der Waals surface area contributed by atoms with Crippen molar-refractivity contribution in [3.8, 4) is 5.75 Å². The van der Waals surface area contributed by atoms with Crippen LogP contribution in [-0.2, 0) is 6.42 Å². The normalized spacial score (nSPS) is 20.5. The van der Waals surface area contributed by atoms with Gasteiger partial charge in [0.2, 0.25) is 0 Å². The number of hydrogen-bond acceptors (Lipinski definition) is 4. The lowest BCUT2D eigenvalue weighted by Gasteiger charge is -2.22. The molecule has 4 heteroatoms. The molecule has 0 amide bonds. The van der Waals surface area contributed by atoms with Crippen molar-refractivity contribution in [2.75, 3.05) is 6.54 Å². The van der Waals surface area contributed by atoms with Crippen molar-refractivity contribution >= 4 is 0 Å². The summed E-state index contributed by atoms with van der Waals surface area (Å²) < 4.78 is 5.52. The maximum atomic E-state index is 5.52. The Hall–Kier alpha value is -1.16. The Morgan fingerprint density at radius 1 is 1.35 bits per heavy atom. The summed E-state index contributed by atoms with van der Waals surface area (Å²) in [6, 6.07) is 0.542. The van der Waals surface area contributed by atoms with Crippen molar-refractivity contribution < 1.29 is 4.74 Å². The van der Waals surface area contributed by atoms with Gasteiger partial charge >= 0.3 is 0 Å². The van der Waals surface area contributed by atoms with Gasteiger partial charge in [0.25, 0.3) is 0 Å². The van der Waals surface area contributed by atoms with Crippen LogP contribution in [0.4, 0.5) is 0 Å². The zero-order valence-corrected chi connectivity index (χ0v) is 10.6. The van der Waals surface area contributed by atoms with E-state index in [9.17, 15) is 0 Å². The first-order valence-electron chi connectivity index (χ1n) is 6.45. The predicted octanol–water partition coefficient (Wildman–Crippen LogP) is 1.95. The average Bonchev–Trinajstić information content (AvgIpc) is 2.32.